The van der Waals surface area contributed by atoms with E-state index in [9.17, 15) is 9.90 Å². The van der Waals surface area contributed by atoms with Gasteiger partial charge in [0.25, 0.3) is 0 Å². The van der Waals surface area contributed by atoms with Crippen LogP contribution >= 0.6 is 0 Å². The van der Waals surface area contributed by atoms with Gasteiger partial charge in [0.1, 0.15) is 6.10 Å². The van der Waals surface area contributed by atoms with E-state index in [1.807, 2.05) is 0 Å². The highest BCUT2D eigenvalue weighted by atomic mass is 16.5. The first kappa shape index (κ1) is 18.5. The summed E-state index contributed by atoms with van der Waals surface area (Å²) in [7, 11) is 0. The molecule has 152 valence electrons. The topological polar surface area (TPSA) is 46.5 Å². The van der Waals surface area contributed by atoms with Gasteiger partial charge >= 0.3 is 5.97 Å². The summed E-state index contributed by atoms with van der Waals surface area (Å²) < 4.78 is 6.23. The largest absolute Gasteiger partial charge is 0.462 e. The van der Waals surface area contributed by atoms with E-state index in [-0.39, 0.29) is 23.6 Å². The van der Waals surface area contributed by atoms with Gasteiger partial charge in [0.2, 0.25) is 0 Å². The van der Waals surface area contributed by atoms with Crippen molar-refractivity contribution < 1.29 is 14.6 Å². The zero-order valence-corrected chi connectivity index (χ0v) is 17.5. The minimum atomic E-state index is -0.0931. The summed E-state index contributed by atoms with van der Waals surface area (Å²) in [6.45, 7) is 7.40. The standard InChI is InChI=1S/C24H38O3/c1-14-4-9-22(26)27-21-13-20-17(19-8-7-18(14)24(19,21)3)6-5-15-12-16(25)10-11-23(15,20)2/h14-21,25H,4-13H2,1-3H3/t14-,15-,16-,17+,18-,19+,20+,21+,23+,24-/m1/s1. The van der Waals surface area contributed by atoms with E-state index in [0.717, 1.165) is 49.9 Å². The van der Waals surface area contributed by atoms with E-state index < -0.39 is 0 Å². The van der Waals surface area contributed by atoms with Crippen LogP contribution in [0.2, 0.25) is 0 Å². The molecule has 3 heteroatoms. The van der Waals surface area contributed by atoms with Crippen molar-refractivity contribution in [2.24, 2.45) is 46.3 Å². The second kappa shape index (κ2) is 6.21. The molecular weight excluding hydrogens is 336 g/mol. The van der Waals surface area contributed by atoms with Crippen molar-refractivity contribution in [1.82, 2.24) is 0 Å². The summed E-state index contributed by atoms with van der Waals surface area (Å²) in [4.78, 5) is 12.5. The number of hydrogen-bond donors (Lipinski definition) is 1. The average Bonchev–Trinajstić information content (AvgIpc) is 2.99. The number of carbonyl (C=O) groups excluding carboxylic acids is 1. The lowest BCUT2D eigenvalue weighted by atomic mass is 9.43. The van der Waals surface area contributed by atoms with Gasteiger partial charge < -0.3 is 9.84 Å². The lowest BCUT2D eigenvalue weighted by Crippen LogP contribution is -2.60. The van der Waals surface area contributed by atoms with Crippen LogP contribution in [0.15, 0.2) is 0 Å². The maximum absolute atomic E-state index is 12.5. The highest BCUT2D eigenvalue weighted by Gasteiger charge is 2.65. The van der Waals surface area contributed by atoms with Crippen LogP contribution < -0.4 is 0 Å². The summed E-state index contributed by atoms with van der Waals surface area (Å²) in [5.41, 5.74) is 0.524. The highest BCUT2D eigenvalue weighted by Crippen LogP contribution is 2.69. The summed E-state index contributed by atoms with van der Waals surface area (Å²) >= 11 is 0. The third kappa shape index (κ3) is 2.52. The SMILES string of the molecule is C[C@@H]1CCC(=O)O[C@H]2C[C@H]3[C@@H](CC[C@@H]4C[C@H](O)CC[C@@]43C)[C@@H]3CC[C@H]1[C@@]23C. The third-order valence-electron chi connectivity index (χ3n) is 10.5. The Morgan fingerprint density at radius 1 is 0.963 bits per heavy atom. The Hall–Kier alpha value is -0.570. The minimum absolute atomic E-state index is 0.0483. The van der Waals surface area contributed by atoms with E-state index in [1.54, 1.807) is 0 Å². The second-order valence-electron chi connectivity index (χ2n) is 11.4. The molecule has 5 rings (SSSR count). The van der Waals surface area contributed by atoms with E-state index >= 15 is 0 Å². The summed E-state index contributed by atoms with van der Waals surface area (Å²) in [5, 5.41) is 10.3. The van der Waals surface area contributed by atoms with Crippen molar-refractivity contribution in [3.8, 4) is 0 Å². The molecule has 0 aromatic heterocycles. The van der Waals surface area contributed by atoms with Gasteiger partial charge in [0.15, 0.2) is 0 Å². The molecule has 1 heterocycles. The number of ether oxygens (including phenoxy) is 1. The molecule has 3 nitrogen and oxygen atoms in total. The van der Waals surface area contributed by atoms with Gasteiger partial charge in [0, 0.05) is 11.8 Å². The number of hydrogen-bond acceptors (Lipinski definition) is 3. The third-order valence-corrected chi connectivity index (χ3v) is 10.5. The van der Waals surface area contributed by atoms with Gasteiger partial charge in [-0.15, -0.1) is 0 Å². The highest BCUT2D eigenvalue weighted by molar-refractivity contribution is 5.69. The zero-order chi connectivity index (χ0) is 19.0. The first-order valence-electron chi connectivity index (χ1n) is 11.7. The van der Waals surface area contributed by atoms with Crippen LogP contribution in [0.25, 0.3) is 0 Å². The molecule has 0 aromatic carbocycles. The van der Waals surface area contributed by atoms with Gasteiger partial charge in [-0.25, -0.2) is 0 Å². The van der Waals surface area contributed by atoms with Crippen LogP contribution in [-0.4, -0.2) is 23.3 Å². The van der Waals surface area contributed by atoms with Crippen LogP contribution in [0.1, 0.15) is 85.0 Å². The van der Waals surface area contributed by atoms with E-state index in [1.165, 1.54) is 25.7 Å². The van der Waals surface area contributed by atoms with Crippen molar-refractivity contribution >= 4 is 5.97 Å². The van der Waals surface area contributed by atoms with Gasteiger partial charge in [-0.05, 0) is 98.7 Å². The predicted octanol–water partition coefficient (Wildman–Crippen LogP) is 4.96. The Labute approximate surface area is 164 Å². The van der Waals surface area contributed by atoms with E-state index in [2.05, 4.69) is 20.8 Å². The van der Waals surface area contributed by atoms with Crippen molar-refractivity contribution in [2.75, 3.05) is 0 Å². The number of esters is 1. The fourth-order valence-electron chi connectivity index (χ4n) is 9.07. The Morgan fingerprint density at radius 3 is 2.56 bits per heavy atom. The number of rotatable bonds is 0. The maximum Gasteiger partial charge on any atom is 0.306 e. The smallest absolute Gasteiger partial charge is 0.306 e. The van der Waals surface area contributed by atoms with Crippen molar-refractivity contribution in [3.05, 3.63) is 0 Å². The van der Waals surface area contributed by atoms with Crippen LogP contribution in [0, 0.1) is 46.3 Å². The fourth-order valence-corrected chi connectivity index (χ4v) is 9.07. The zero-order valence-electron chi connectivity index (χ0n) is 17.5. The first-order chi connectivity index (χ1) is 12.8. The number of fused-ring (bicyclic) bond motifs is 4. The normalized spacial score (nSPS) is 57.6. The molecule has 27 heavy (non-hydrogen) atoms. The van der Waals surface area contributed by atoms with Gasteiger partial charge in [-0.1, -0.05) is 20.8 Å². The Balaban J connectivity index is 1.52. The summed E-state index contributed by atoms with van der Waals surface area (Å²) in [5.74, 6) is 4.28. The fraction of sp³-hybridized carbons (Fsp3) is 0.958. The quantitative estimate of drug-likeness (QED) is 0.610. The van der Waals surface area contributed by atoms with Crippen LogP contribution in [-0.2, 0) is 9.53 Å². The molecule has 0 unspecified atom stereocenters. The van der Waals surface area contributed by atoms with Crippen LogP contribution in [0.4, 0.5) is 0 Å². The molecule has 0 aromatic rings. The molecule has 5 fully saturated rings. The molecule has 1 saturated heterocycles. The van der Waals surface area contributed by atoms with Gasteiger partial charge in [-0.3, -0.25) is 4.79 Å². The van der Waals surface area contributed by atoms with E-state index in [4.69, 9.17) is 4.74 Å². The first-order valence-corrected chi connectivity index (χ1v) is 11.7. The molecule has 0 amide bonds. The molecule has 1 aliphatic heterocycles. The van der Waals surface area contributed by atoms with Crippen LogP contribution in [0.3, 0.4) is 0 Å². The van der Waals surface area contributed by atoms with E-state index in [0.29, 0.717) is 29.6 Å². The molecule has 0 radical (unpaired) electrons. The van der Waals surface area contributed by atoms with Crippen molar-refractivity contribution in [1.29, 1.82) is 0 Å². The average molecular weight is 375 g/mol. The molecule has 5 aliphatic rings. The molecule has 1 N–H and O–H groups in total. The van der Waals surface area contributed by atoms with Crippen LogP contribution in [0.5, 0.6) is 0 Å². The Kier molecular flexibility index (Phi) is 4.25. The van der Waals surface area contributed by atoms with Gasteiger partial charge in [0.05, 0.1) is 6.10 Å². The number of aliphatic hydroxyl groups excluding tert-OH is 1. The predicted molar refractivity (Wildman–Crippen MR) is 105 cm³/mol. The van der Waals surface area contributed by atoms with Crippen molar-refractivity contribution in [2.45, 2.75) is 97.2 Å². The van der Waals surface area contributed by atoms with Crippen molar-refractivity contribution in [3.63, 3.8) is 0 Å². The molecular formula is C24H38O3. The second-order valence-corrected chi connectivity index (χ2v) is 11.4. The lowest BCUT2D eigenvalue weighted by Gasteiger charge is -2.63. The number of aliphatic hydroxyl groups is 1. The molecule has 4 saturated carbocycles. The van der Waals surface area contributed by atoms with Gasteiger partial charge in [-0.2, -0.15) is 0 Å². The Bertz CT molecular complexity index is 617. The molecule has 4 aliphatic carbocycles. The molecule has 0 spiro atoms. The lowest BCUT2D eigenvalue weighted by molar-refractivity contribution is -0.201. The maximum atomic E-state index is 12.5. The summed E-state index contributed by atoms with van der Waals surface area (Å²) in [6.07, 6.45) is 11.1. The monoisotopic (exact) mass is 374 g/mol. The Morgan fingerprint density at radius 2 is 1.74 bits per heavy atom. The number of carbonyl (C=O) groups is 1. The molecule has 10 atom stereocenters. The summed E-state index contributed by atoms with van der Waals surface area (Å²) in [6, 6.07) is 0. The minimum Gasteiger partial charge on any atom is -0.462 e. The molecule has 0 bridgehead atoms.